The molecule has 0 unspecified atom stereocenters. The number of nitrogens with zero attached hydrogens (tertiary/aromatic N) is 5. The van der Waals surface area contributed by atoms with Crippen LogP contribution in [0.2, 0.25) is 0 Å². The lowest BCUT2D eigenvalue weighted by atomic mass is 9.90. The van der Waals surface area contributed by atoms with Crippen molar-refractivity contribution in [2.45, 2.75) is 25.7 Å². The summed E-state index contributed by atoms with van der Waals surface area (Å²) in [6.45, 7) is 3.36. The first-order valence-corrected chi connectivity index (χ1v) is 9.63. The molecule has 8 nitrogen and oxygen atoms in total. The molecule has 1 saturated heterocycles. The third kappa shape index (κ3) is 4.17. The van der Waals surface area contributed by atoms with Crippen molar-refractivity contribution >= 4 is 5.91 Å². The number of carbonyl (C=O) groups is 1. The molecule has 0 saturated carbocycles. The highest BCUT2D eigenvalue weighted by Gasteiger charge is 2.28. The summed E-state index contributed by atoms with van der Waals surface area (Å²) >= 11 is 0. The second kappa shape index (κ2) is 8.48. The molecule has 0 atom stereocenters. The van der Waals surface area contributed by atoms with Crippen LogP contribution in [0.25, 0.3) is 22.7 Å². The maximum atomic E-state index is 12.1. The summed E-state index contributed by atoms with van der Waals surface area (Å²) in [6, 6.07) is 5.68. The van der Waals surface area contributed by atoms with E-state index in [4.69, 9.17) is 14.2 Å². The molecule has 4 heterocycles. The highest BCUT2D eigenvalue weighted by molar-refractivity contribution is 5.77. The van der Waals surface area contributed by atoms with Crippen molar-refractivity contribution in [3.8, 4) is 22.7 Å². The van der Waals surface area contributed by atoms with Gasteiger partial charge in [-0.05, 0) is 31.9 Å². The van der Waals surface area contributed by atoms with Crippen molar-refractivity contribution in [1.29, 1.82) is 0 Å². The minimum absolute atomic E-state index is 0.0252. The van der Waals surface area contributed by atoms with Crippen LogP contribution in [-0.2, 0) is 9.53 Å². The van der Waals surface area contributed by atoms with Crippen LogP contribution in [0.15, 0.2) is 41.3 Å². The Morgan fingerprint density at radius 1 is 1.28 bits per heavy atom. The standard InChI is InChI=1S/C21H23N5O3/c1-14-11-18(29-25-14)17-12-23-21(16-3-7-22-8-4-16)24-20(17)15-5-9-26(10-6-15)19(27)13-28-2/h3-4,7-8,11-12,15H,5-6,9-10,13H2,1-2H3. The van der Waals surface area contributed by atoms with Gasteiger partial charge in [-0.1, -0.05) is 5.16 Å². The number of hydrogen-bond donors (Lipinski definition) is 0. The third-order valence-corrected chi connectivity index (χ3v) is 5.15. The van der Waals surface area contributed by atoms with Crippen molar-refractivity contribution < 1.29 is 14.1 Å². The first-order valence-electron chi connectivity index (χ1n) is 9.63. The summed E-state index contributed by atoms with van der Waals surface area (Å²) in [5.41, 5.74) is 3.50. The first-order chi connectivity index (χ1) is 14.2. The SMILES string of the molecule is COCC(=O)N1CCC(c2nc(-c3ccncc3)ncc2-c2cc(C)no2)CC1. The summed E-state index contributed by atoms with van der Waals surface area (Å²) in [7, 11) is 1.54. The van der Waals surface area contributed by atoms with Gasteiger partial charge in [0.05, 0.1) is 17.0 Å². The number of rotatable bonds is 5. The summed E-state index contributed by atoms with van der Waals surface area (Å²) in [5, 5.41) is 4.01. The number of amides is 1. The summed E-state index contributed by atoms with van der Waals surface area (Å²) in [4.78, 5) is 27.5. The van der Waals surface area contributed by atoms with E-state index in [9.17, 15) is 4.79 Å². The number of carbonyl (C=O) groups excluding carboxylic acids is 1. The van der Waals surface area contributed by atoms with Crippen LogP contribution in [0.3, 0.4) is 0 Å². The van der Waals surface area contributed by atoms with Crippen LogP contribution < -0.4 is 0 Å². The van der Waals surface area contributed by atoms with E-state index in [1.807, 2.05) is 30.0 Å². The number of aryl methyl sites for hydroxylation is 1. The molecule has 1 fully saturated rings. The average Bonchev–Trinajstić information content (AvgIpc) is 3.20. The van der Waals surface area contributed by atoms with Crippen LogP contribution in [0.5, 0.6) is 0 Å². The lowest BCUT2D eigenvalue weighted by molar-refractivity contribution is -0.136. The number of likely N-dealkylation sites (tertiary alicyclic amines) is 1. The summed E-state index contributed by atoms with van der Waals surface area (Å²) in [5.74, 6) is 1.54. The van der Waals surface area contributed by atoms with Crippen LogP contribution in [0.4, 0.5) is 0 Å². The number of hydrogen-bond acceptors (Lipinski definition) is 7. The van der Waals surface area contributed by atoms with Gasteiger partial charge in [0.1, 0.15) is 6.61 Å². The van der Waals surface area contributed by atoms with Crippen LogP contribution in [0, 0.1) is 6.92 Å². The van der Waals surface area contributed by atoms with Gasteiger partial charge >= 0.3 is 0 Å². The maximum Gasteiger partial charge on any atom is 0.248 e. The zero-order valence-corrected chi connectivity index (χ0v) is 16.5. The first kappa shape index (κ1) is 19.2. The van der Waals surface area contributed by atoms with Gasteiger partial charge in [0.25, 0.3) is 0 Å². The molecule has 0 spiro atoms. The molecule has 1 aliphatic rings. The number of pyridine rings is 1. The Balaban J connectivity index is 1.65. The van der Waals surface area contributed by atoms with Crippen LogP contribution in [-0.4, -0.2) is 57.7 Å². The predicted octanol–water partition coefficient (Wildman–Crippen LogP) is 2.85. The largest absolute Gasteiger partial charge is 0.375 e. The fourth-order valence-electron chi connectivity index (χ4n) is 3.64. The van der Waals surface area contributed by atoms with Gasteiger partial charge in [0.15, 0.2) is 11.6 Å². The van der Waals surface area contributed by atoms with Crippen molar-refractivity contribution in [2.24, 2.45) is 0 Å². The van der Waals surface area contributed by atoms with E-state index in [1.165, 1.54) is 7.11 Å². The number of ether oxygens (including phenoxy) is 1. The molecule has 0 aliphatic carbocycles. The zero-order valence-electron chi connectivity index (χ0n) is 16.5. The third-order valence-electron chi connectivity index (χ3n) is 5.15. The highest BCUT2D eigenvalue weighted by Crippen LogP contribution is 2.35. The zero-order chi connectivity index (χ0) is 20.2. The van der Waals surface area contributed by atoms with Gasteiger partial charge in [-0.2, -0.15) is 0 Å². The van der Waals surface area contributed by atoms with Crippen LogP contribution >= 0.6 is 0 Å². The van der Waals surface area contributed by atoms with E-state index in [0.29, 0.717) is 24.7 Å². The molecule has 3 aromatic rings. The summed E-state index contributed by atoms with van der Waals surface area (Å²) in [6.07, 6.45) is 6.91. The highest BCUT2D eigenvalue weighted by atomic mass is 16.5. The van der Waals surface area contributed by atoms with Gasteiger partial charge < -0.3 is 14.2 Å². The average molecular weight is 393 g/mol. The second-order valence-electron chi connectivity index (χ2n) is 7.15. The topological polar surface area (TPSA) is 94.2 Å². The van der Waals surface area contributed by atoms with E-state index in [-0.39, 0.29) is 18.4 Å². The molecule has 0 radical (unpaired) electrons. The molecule has 1 amide bonds. The van der Waals surface area contributed by atoms with E-state index in [0.717, 1.165) is 35.4 Å². The van der Waals surface area contributed by atoms with Gasteiger partial charge in [0, 0.05) is 56.3 Å². The van der Waals surface area contributed by atoms with Gasteiger partial charge in [-0.3, -0.25) is 9.78 Å². The Bertz CT molecular complexity index is 981. The Morgan fingerprint density at radius 3 is 2.69 bits per heavy atom. The van der Waals surface area contributed by atoms with Gasteiger partial charge in [-0.25, -0.2) is 9.97 Å². The summed E-state index contributed by atoms with van der Waals surface area (Å²) < 4.78 is 10.5. The predicted molar refractivity (Wildman–Crippen MR) is 106 cm³/mol. The fraction of sp³-hybridized carbons (Fsp3) is 0.381. The number of piperidine rings is 1. The van der Waals surface area contributed by atoms with Crippen molar-refractivity contribution in [3.63, 3.8) is 0 Å². The molecule has 1 aliphatic heterocycles. The smallest absolute Gasteiger partial charge is 0.248 e. The molecule has 4 rings (SSSR count). The Morgan fingerprint density at radius 2 is 2.03 bits per heavy atom. The second-order valence-corrected chi connectivity index (χ2v) is 7.15. The molecule has 0 bridgehead atoms. The van der Waals surface area contributed by atoms with Crippen LogP contribution in [0.1, 0.15) is 30.1 Å². The maximum absolute atomic E-state index is 12.1. The molecular formula is C21H23N5O3. The molecule has 8 heteroatoms. The fourth-order valence-corrected chi connectivity index (χ4v) is 3.64. The molecule has 3 aromatic heterocycles. The van der Waals surface area contributed by atoms with E-state index >= 15 is 0 Å². The Labute approximate surface area is 168 Å². The molecular weight excluding hydrogens is 370 g/mol. The lowest BCUT2D eigenvalue weighted by Crippen LogP contribution is -2.40. The van der Waals surface area contributed by atoms with E-state index < -0.39 is 0 Å². The van der Waals surface area contributed by atoms with E-state index in [1.54, 1.807) is 18.6 Å². The normalized spacial score (nSPS) is 14.9. The lowest BCUT2D eigenvalue weighted by Gasteiger charge is -2.32. The van der Waals surface area contributed by atoms with Crippen molar-refractivity contribution in [1.82, 2.24) is 25.0 Å². The van der Waals surface area contributed by atoms with Crippen molar-refractivity contribution in [3.05, 3.63) is 48.2 Å². The molecule has 0 aromatic carbocycles. The van der Waals surface area contributed by atoms with Gasteiger partial charge in [0.2, 0.25) is 5.91 Å². The van der Waals surface area contributed by atoms with Gasteiger partial charge in [-0.15, -0.1) is 0 Å². The van der Waals surface area contributed by atoms with E-state index in [2.05, 4.69) is 15.1 Å². The monoisotopic (exact) mass is 393 g/mol. The number of methoxy groups -OCH3 is 1. The quantitative estimate of drug-likeness (QED) is 0.658. The minimum atomic E-state index is 0.0252. The molecule has 150 valence electrons. The van der Waals surface area contributed by atoms with Crippen molar-refractivity contribution in [2.75, 3.05) is 26.8 Å². The Hall–Kier alpha value is -3.13. The Kier molecular flexibility index (Phi) is 5.62. The number of aromatic nitrogens is 4. The molecule has 0 N–H and O–H groups in total. The minimum Gasteiger partial charge on any atom is -0.375 e. The molecule has 29 heavy (non-hydrogen) atoms.